The van der Waals surface area contributed by atoms with Crippen molar-refractivity contribution in [3.63, 3.8) is 0 Å². The summed E-state index contributed by atoms with van der Waals surface area (Å²) in [6.07, 6.45) is 3.66. The number of carbonyl (C=O) groups is 2. The minimum Gasteiger partial charge on any atom is -0.508 e. The molecule has 4 nitrogen and oxygen atoms in total. The number of benzene rings is 1. The number of aromatic hydroxyl groups is 2. The van der Waals surface area contributed by atoms with Gasteiger partial charge in [-0.3, -0.25) is 9.59 Å². The molecule has 0 amide bonds. The minimum atomic E-state index is -0.460. The Labute approximate surface area is 117 Å². The van der Waals surface area contributed by atoms with Crippen LogP contribution in [0.3, 0.4) is 0 Å². The van der Waals surface area contributed by atoms with Crippen LogP contribution in [0, 0.1) is 11.8 Å². The van der Waals surface area contributed by atoms with E-state index in [2.05, 4.69) is 0 Å². The van der Waals surface area contributed by atoms with E-state index in [9.17, 15) is 19.8 Å². The quantitative estimate of drug-likeness (QED) is 0.656. The number of allylic oxidation sites excluding steroid dienone is 2. The molecule has 0 saturated carbocycles. The summed E-state index contributed by atoms with van der Waals surface area (Å²) in [4.78, 5) is 24.1. The molecule has 0 radical (unpaired) electrons. The maximum absolute atomic E-state index is 12.1. The Hall–Kier alpha value is -2.10. The van der Waals surface area contributed by atoms with Crippen LogP contribution in [0.25, 0.3) is 0 Å². The number of hydrogen-bond donors (Lipinski definition) is 2. The fourth-order valence-corrected chi connectivity index (χ4v) is 2.41. The molecule has 0 heterocycles. The average Bonchev–Trinajstić information content (AvgIpc) is 2.39. The molecular formula is C16H18O4. The van der Waals surface area contributed by atoms with Crippen molar-refractivity contribution in [1.29, 1.82) is 0 Å². The molecule has 106 valence electrons. The van der Waals surface area contributed by atoms with Crippen LogP contribution in [0.15, 0.2) is 24.3 Å². The van der Waals surface area contributed by atoms with Crippen molar-refractivity contribution in [2.75, 3.05) is 0 Å². The first-order valence-electron chi connectivity index (χ1n) is 6.69. The predicted molar refractivity (Wildman–Crippen MR) is 74.9 cm³/mol. The van der Waals surface area contributed by atoms with Gasteiger partial charge in [0.15, 0.2) is 11.6 Å². The molecule has 0 aromatic heterocycles. The third-order valence-corrected chi connectivity index (χ3v) is 3.48. The molecule has 1 atom stereocenters. The van der Waals surface area contributed by atoms with Crippen LogP contribution < -0.4 is 0 Å². The number of Topliss-reactive ketones (excluding diaryl/α,β-unsaturated/α-hetero) is 1. The number of hydrogen-bond acceptors (Lipinski definition) is 4. The summed E-state index contributed by atoms with van der Waals surface area (Å²) in [5, 5.41) is 19.5. The van der Waals surface area contributed by atoms with E-state index < -0.39 is 5.92 Å². The Balaban J connectivity index is 2.30. The molecular weight excluding hydrogens is 256 g/mol. The topological polar surface area (TPSA) is 74.6 Å². The zero-order valence-electron chi connectivity index (χ0n) is 11.6. The van der Waals surface area contributed by atoms with Crippen molar-refractivity contribution >= 4 is 11.6 Å². The van der Waals surface area contributed by atoms with Gasteiger partial charge in [-0.05, 0) is 30.5 Å². The highest BCUT2D eigenvalue weighted by molar-refractivity contribution is 6.06. The van der Waals surface area contributed by atoms with Crippen LogP contribution in [-0.4, -0.2) is 21.8 Å². The summed E-state index contributed by atoms with van der Waals surface area (Å²) >= 11 is 0. The molecule has 0 spiro atoms. The summed E-state index contributed by atoms with van der Waals surface area (Å²) in [5.74, 6) is -0.778. The SMILES string of the molecule is CC(C)/C=C/C(=O)C1CC(=O)c2c(O)ccc(O)c2C1. The molecule has 1 aliphatic rings. The van der Waals surface area contributed by atoms with E-state index in [-0.39, 0.29) is 47.4 Å². The number of rotatable bonds is 3. The van der Waals surface area contributed by atoms with Gasteiger partial charge in [-0.25, -0.2) is 0 Å². The van der Waals surface area contributed by atoms with Gasteiger partial charge < -0.3 is 10.2 Å². The van der Waals surface area contributed by atoms with E-state index in [1.807, 2.05) is 13.8 Å². The highest BCUT2D eigenvalue weighted by atomic mass is 16.3. The Morgan fingerprint density at radius 1 is 1.25 bits per heavy atom. The second-order valence-corrected chi connectivity index (χ2v) is 5.49. The second-order valence-electron chi connectivity index (χ2n) is 5.49. The van der Waals surface area contributed by atoms with E-state index in [1.54, 1.807) is 6.08 Å². The molecule has 0 fully saturated rings. The standard InChI is InChI=1S/C16H18O4/c1-9(2)3-4-12(17)10-7-11-13(18)5-6-14(19)16(11)15(20)8-10/h3-6,9-10,18-19H,7-8H2,1-2H3/b4-3+. The monoisotopic (exact) mass is 274 g/mol. The minimum absolute atomic E-state index is 0.0449. The van der Waals surface area contributed by atoms with Gasteiger partial charge in [-0.1, -0.05) is 19.9 Å². The number of fused-ring (bicyclic) bond motifs is 1. The average molecular weight is 274 g/mol. The maximum Gasteiger partial charge on any atom is 0.167 e. The number of carbonyl (C=O) groups excluding carboxylic acids is 2. The summed E-state index contributed by atoms with van der Waals surface area (Å²) in [7, 11) is 0. The van der Waals surface area contributed by atoms with Crippen LogP contribution in [0.2, 0.25) is 0 Å². The highest BCUT2D eigenvalue weighted by Crippen LogP contribution is 2.37. The van der Waals surface area contributed by atoms with Gasteiger partial charge in [0.05, 0.1) is 5.56 Å². The lowest BCUT2D eigenvalue weighted by Gasteiger charge is -2.23. The molecule has 1 aromatic rings. The van der Waals surface area contributed by atoms with Crippen LogP contribution in [0.5, 0.6) is 11.5 Å². The van der Waals surface area contributed by atoms with Gasteiger partial charge in [-0.2, -0.15) is 0 Å². The molecule has 1 aliphatic carbocycles. The van der Waals surface area contributed by atoms with Crippen molar-refractivity contribution in [3.8, 4) is 11.5 Å². The van der Waals surface area contributed by atoms with Gasteiger partial charge in [0.1, 0.15) is 11.5 Å². The lowest BCUT2D eigenvalue weighted by atomic mass is 9.80. The first-order valence-corrected chi connectivity index (χ1v) is 6.69. The van der Waals surface area contributed by atoms with Crippen LogP contribution in [-0.2, 0) is 11.2 Å². The molecule has 0 bridgehead atoms. The molecule has 2 N–H and O–H groups in total. The van der Waals surface area contributed by atoms with E-state index in [0.717, 1.165) is 0 Å². The van der Waals surface area contributed by atoms with E-state index in [0.29, 0.717) is 5.56 Å². The zero-order valence-corrected chi connectivity index (χ0v) is 11.6. The van der Waals surface area contributed by atoms with Crippen LogP contribution in [0.4, 0.5) is 0 Å². The molecule has 1 aromatic carbocycles. The second kappa shape index (κ2) is 5.49. The van der Waals surface area contributed by atoms with E-state index in [1.165, 1.54) is 18.2 Å². The first kappa shape index (κ1) is 14.3. The normalized spacial score (nSPS) is 18.6. The van der Waals surface area contributed by atoms with Gasteiger partial charge in [0, 0.05) is 17.9 Å². The maximum atomic E-state index is 12.1. The number of ketones is 2. The lowest BCUT2D eigenvalue weighted by Crippen LogP contribution is -2.25. The van der Waals surface area contributed by atoms with Crippen molar-refractivity contribution in [1.82, 2.24) is 0 Å². The highest BCUT2D eigenvalue weighted by Gasteiger charge is 2.32. The fourth-order valence-electron chi connectivity index (χ4n) is 2.41. The van der Waals surface area contributed by atoms with Gasteiger partial charge >= 0.3 is 0 Å². The van der Waals surface area contributed by atoms with Crippen LogP contribution >= 0.6 is 0 Å². The van der Waals surface area contributed by atoms with Crippen LogP contribution in [0.1, 0.15) is 36.2 Å². The van der Waals surface area contributed by atoms with E-state index >= 15 is 0 Å². The van der Waals surface area contributed by atoms with Crippen molar-refractivity contribution in [2.24, 2.45) is 11.8 Å². The lowest BCUT2D eigenvalue weighted by molar-refractivity contribution is -0.118. The molecule has 1 unspecified atom stereocenters. The Morgan fingerprint density at radius 3 is 2.55 bits per heavy atom. The third-order valence-electron chi connectivity index (χ3n) is 3.48. The first-order chi connectivity index (χ1) is 9.40. The third kappa shape index (κ3) is 2.74. The molecule has 2 rings (SSSR count). The summed E-state index contributed by atoms with van der Waals surface area (Å²) < 4.78 is 0. The molecule has 0 aliphatic heterocycles. The molecule has 20 heavy (non-hydrogen) atoms. The Morgan fingerprint density at radius 2 is 1.90 bits per heavy atom. The van der Waals surface area contributed by atoms with E-state index in [4.69, 9.17) is 0 Å². The predicted octanol–water partition coefficient (Wildman–Crippen LogP) is 2.62. The van der Waals surface area contributed by atoms with Gasteiger partial charge in [0.25, 0.3) is 0 Å². The van der Waals surface area contributed by atoms with Crippen molar-refractivity contribution < 1.29 is 19.8 Å². The Bertz CT molecular complexity index is 584. The number of phenolic OH excluding ortho intramolecular Hbond substituents is 2. The zero-order chi connectivity index (χ0) is 14.9. The summed E-state index contributed by atoms with van der Waals surface area (Å²) in [6.45, 7) is 3.93. The summed E-state index contributed by atoms with van der Waals surface area (Å²) in [5.41, 5.74) is 0.527. The van der Waals surface area contributed by atoms with Gasteiger partial charge in [0.2, 0.25) is 0 Å². The Kier molecular flexibility index (Phi) is 3.93. The van der Waals surface area contributed by atoms with Crippen molar-refractivity contribution in [3.05, 3.63) is 35.4 Å². The van der Waals surface area contributed by atoms with Gasteiger partial charge in [-0.15, -0.1) is 0 Å². The molecule has 4 heteroatoms. The fraction of sp³-hybridized carbons (Fsp3) is 0.375. The largest absolute Gasteiger partial charge is 0.508 e. The molecule has 0 saturated heterocycles. The number of phenols is 2. The summed E-state index contributed by atoms with van der Waals surface area (Å²) in [6, 6.07) is 2.64. The van der Waals surface area contributed by atoms with Crippen molar-refractivity contribution in [2.45, 2.75) is 26.7 Å². The smallest absolute Gasteiger partial charge is 0.167 e.